The van der Waals surface area contributed by atoms with Crippen LogP contribution >= 0.6 is 0 Å². The Bertz CT molecular complexity index is 1350. The van der Waals surface area contributed by atoms with Gasteiger partial charge in [-0.2, -0.15) is 5.10 Å². The third-order valence-electron chi connectivity index (χ3n) is 8.16. The SMILES string of the molecule is CC[C@H](C)[C@@H](C(=O)NC1CCc2cccc3c2N(C1=O)C(C(=O)NCc1ccn[nH]1)C3)N(CCC(=O)O)C(=O)COCCF. The fraction of sp³-hybridized carbons (Fsp3) is 0.533. The van der Waals surface area contributed by atoms with Crippen molar-refractivity contribution in [3.8, 4) is 0 Å². The molecule has 2 aliphatic heterocycles. The van der Waals surface area contributed by atoms with Crippen LogP contribution < -0.4 is 15.5 Å². The molecule has 44 heavy (non-hydrogen) atoms. The van der Waals surface area contributed by atoms with E-state index >= 15 is 0 Å². The highest BCUT2D eigenvalue weighted by atomic mass is 19.1. The maximum absolute atomic E-state index is 14.1. The molecule has 1 aromatic heterocycles. The number of aliphatic carboxylic acids is 1. The Balaban J connectivity index is 1.57. The Morgan fingerprint density at radius 2 is 2.02 bits per heavy atom. The fourth-order valence-corrected chi connectivity index (χ4v) is 5.78. The van der Waals surface area contributed by atoms with Crippen LogP contribution in [-0.4, -0.2) is 94.4 Å². The standard InChI is InChI=1S/C30H39FN6O7/c1-3-18(2)26(36(13-10-25(39)40)24(38)17-44-14-11-31)29(42)34-22-8-7-19-5-4-6-20-15-23(37(27(19)20)30(22)43)28(41)32-16-21-9-12-33-35-21/h4-6,9,12,18,22-23,26H,3,7-8,10-11,13-17H2,1-2H3,(H,32,41)(H,33,35)(H,34,42)(H,39,40)/t18-,22?,23?,26-/m0/s1. The number of rotatable bonds is 15. The van der Waals surface area contributed by atoms with Gasteiger partial charge in [0.05, 0.1) is 31.0 Å². The van der Waals surface area contributed by atoms with Crippen LogP contribution in [0.15, 0.2) is 30.5 Å². The molecule has 2 unspecified atom stereocenters. The summed E-state index contributed by atoms with van der Waals surface area (Å²) in [5.41, 5.74) is 3.13. The molecule has 1 aromatic carbocycles. The number of H-pyrrole nitrogens is 1. The van der Waals surface area contributed by atoms with Gasteiger partial charge in [-0.15, -0.1) is 0 Å². The van der Waals surface area contributed by atoms with Crippen LogP contribution in [0.5, 0.6) is 0 Å². The summed E-state index contributed by atoms with van der Waals surface area (Å²) in [6.45, 7) is 1.88. The number of nitrogens with zero attached hydrogens (tertiary/aromatic N) is 3. The van der Waals surface area contributed by atoms with E-state index in [0.717, 1.165) is 16.0 Å². The average Bonchev–Trinajstić information content (AvgIpc) is 3.64. The number of hydrogen-bond acceptors (Lipinski definition) is 7. The molecule has 0 spiro atoms. The number of para-hydroxylation sites is 1. The van der Waals surface area contributed by atoms with E-state index in [-0.39, 0.29) is 32.0 Å². The van der Waals surface area contributed by atoms with Crippen molar-refractivity contribution in [1.29, 1.82) is 0 Å². The Hall–Kier alpha value is -4.33. The highest BCUT2D eigenvalue weighted by Crippen LogP contribution is 2.39. The number of carboxylic acid groups (broad SMARTS) is 1. The van der Waals surface area contributed by atoms with E-state index in [0.29, 0.717) is 30.6 Å². The fourth-order valence-electron chi connectivity index (χ4n) is 5.78. The topological polar surface area (TPSA) is 174 Å². The summed E-state index contributed by atoms with van der Waals surface area (Å²) in [5.74, 6) is -3.63. The lowest BCUT2D eigenvalue weighted by atomic mass is 9.95. The molecule has 0 saturated heterocycles. The number of alkyl halides is 1. The highest BCUT2D eigenvalue weighted by molar-refractivity contribution is 6.08. The number of aromatic nitrogens is 2. The van der Waals surface area contributed by atoms with E-state index in [2.05, 4.69) is 20.8 Å². The minimum Gasteiger partial charge on any atom is -0.481 e. The van der Waals surface area contributed by atoms with Crippen molar-refractivity contribution in [3.63, 3.8) is 0 Å². The molecule has 0 fully saturated rings. The molecule has 3 heterocycles. The van der Waals surface area contributed by atoms with Crippen LogP contribution in [0.4, 0.5) is 10.1 Å². The predicted octanol–water partition coefficient (Wildman–Crippen LogP) is 1.12. The summed E-state index contributed by atoms with van der Waals surface area (Å²) in [6, 6.07) is 4.46. The Labute approximate surface area is 254 Å². The molecule has 4 amide bonds. The summed E-state index contributed by atoms with van der Waals surface area (Å²) in [7, 11) is 0. The molecule has 0 aliphatic carbocycles. The van der Waals surface area contributed by atoms with Gasteiger partial charge in [0.25, 0.3) is 0 Å². The third-order valence-corrected chi connectivity index (χ3v) is 8.16. The molecule has 0 radical (unpaired) electrons. The van der Waals surface area contributed by atoms with Gasteiger partial charge in [0, 0.05) is 19.2 Å². The number of carbonyl (C=O) groups excluding carboxylic acids is 4. The monoisotopic (exact) mass is 614 g/mol. The summed E-state index contributed by atoms with van der Waals surface area (Å²) >= 11 is 0. The second kappa shape index (κ2) is 14.9. The first-order valence-corrected chi connectivity index (χ1v) is 14.8. The van der Waals surface area contributed by atoms with Crippen LogP contribution in [0.25, 0.3) is 0 Å². The zero-order valence-electron chi connectivity index (χ0n) is 24.9. The van der Waals surface area contributed by atoms with E-state index in [1.165, 1.54) is 4.90 Å². The lowest BCUT2D eigenvalue weighted by molar-refractivity contribution is -0.148. The van der Waals surface area contributed by atoms with Crippen molar-refractivity contribution >= 4 is 35.3 Å². The van der Waals surface area contributed by atoms with E-state index in [1.807, 2.05) is 25.1 Å². The minimum atomic E-state index is -1.16. The van der Waals surface area contributed by atoms with Gasteiger partial charge in [-0.25, -0.2) is 4.39 Å². The lowest BCUT2D eigenvalue weighted by Gasteiger charge is -2.35. The first kappa shape index (κ1) is 32.6. The van der Waals surface area contributed by atoms with Gasteiger partial charge in [0.1, 0.15) is 31.4 Å². The number of ether oxygens (including phenoxy) is 1. The second-order valence-corrected chi connectivity index (χ2v) is 11.1. The third kappa shape index (κ3) is 7.41. The molecule has 4 atom stereocenters. The van der Waals surface area contributed by atoms with Crippen molar-refractivity contribution in [1.82, 2.24) is 25.7 Å². The molecule has 13 nitrogen and oxygen atoms in total. The maximum Gasteiger partial charge on any atom is 0.305 e. The van der Waals surface area contributed by atoms with Crippen LogP contribution in [-0.2, 0) is 48.1 Å². The average molecular weight is 615 g/mol. The van der Waals surface area contributed by atoms with Gasteiger partial charge >= 0.3 is 5.97 Å². The minimum absolute atomic E-state index is 0.201. The van der Waals surface area contributed by atoms with Crippen LogP contribution in [0.1, 0.15) is 49.9 Å². The number of carboxylic acids is 1. The van der Waals surface area contributed by atoms with Crippen molar-refractivity contribution in [3.05, 3.63) is 47.3 Å². The van der Waals surface area contributed by atoms with Crippen LogP contribution in [0, 0.1) is 5.92 Å². The summed E-state index contributed by atoms with van der Waals surface area (Å²) in [5, 5.41) is 21.7. The summed E-state index contributed by atoms with van der Waals surface area (Å²) in [4.78, 5) is 68.5. The molecule has 0 saturated carbocycles. The zero-order chi connectivity index (χ0) is 31.8. The molecule has 14 heteroatoms. The van der Waals surface area contributed by atoms with Gasteiger partial charge in [-0.1, -0.05) is 38.5 Å². The summed E-state index contributed by atoms with van der Waals surface area (Å²) in [6.07, 6.45) is 2.67. The normalized spacial score (nSPS) is 18.6. The molecular formula is C30H39FN6O7. The molecular weight excluding hydrogens is 575 g/mol. The van der Waals surface area contributed by atoms with Gasteiger partial charge in [-0.05, 0) is 36.0 Å². The quantitative estimate of drug-likeness (QED) is 0.216. The van der Waals surface area contributed by atoms with Gasteiger partial charge in [0.2, 0.25) is 23.6 Å². The first-order valence-electron chi connectivity index (χ1n) is 14.8. The number of hydrogen-bond donors (Lipinski definition) is 4. The molecule has 4 rings (SSSR count). The van der Waals surface area contributed by atoms with Crippen molar-refractivity contribution in [2.24, 2.45) is 5.92 Å². The number of nitrogens with one attached hydrogen (secondary N) is 3. The van der Waals surface area contributed by atoms with Crippen molar-refractivity contribution < 1.29 is 38.2 Å². The number of carbonyl (C=O) groups is 5. The first-order chi connectivity index (χ1) is 21.2. The van der Waals surface area contributed by atoms with E-state index in [9.17, 15) is 33.5 Å². The second-order valence-electron chi connectivity index (χ2n) is 11.1. The van der Waals surface area contributed by atoms with E-state index < -0.39 is 67.4 Å². The Morgan fingerprint density at radius 1 is 1.25 bits per heavy atom. The van der Waals surface area contributed by atoms with Crippen molar-refractivity contribution in [2.75, 3.05) is 31.3 Å². The zero-order valence-corrected chi connectivity index (χ0v) is 24.9. The number of halogens is 1. The molecule has 2 aromatic rings. The number of anilines is 1. The smallest absolute Gasteiger partial charge is 0.305 e. The molecule has 238 valence electrons. The largest absolute Gasteiger partial charge is 0.481 e. The summed E-state index contributed by atoms with van der Waals surface area (Å²) < 4.78 is 17.6. The predicted molar refractivity (Wildman–Crippen MR) is 156 cm³/mol. The van der Waals surface area contributed by atoms with Gasteiger partial charge in [0.15, 0.2) is 0 Å². The number of benzene rings is 1. The van der Waals surface area contributed by atoms with Crippen LogP contribution in [0.2, 0.25) is 0 Å². The lowest BCUT2D eigenvalue weighted by Crippen LogP contribution is -2.59. The Morgan fingerprint density at radius 3 is 2.70 bits per heavy atom. The van der Waals surface area contributed by atoms with E-state index in [4.69, 9.17) is 4.74 Å². The maximum atomic E-state index is 14.1. The molecule has 4 N–H and O–H groups in total. The van der Waals surface area contributed by atoms with Crippen molar-refractivity contribution in [2.45, 2.75) is 70.6 Å². The Kier molecular flexibility index (Phi) is 11.0. The van der Waals surface area contributed by atoms with Crippen LogP contribution in [0.3, 0.4) is 0 Å². The molecule has 0 bridgehead atoms. The van der Waals surface area contributed by atoms with E-state index in [1.54, 1.807) is 19.2 Å². The van der Waals surface area contributed by atoms with Gasteiger partial charge in [-0.3, -0.25) is 34.0 Å². The highest BCUT2D eigenvalue weighted by Gasteiger charge is 2.45. The molecule has 2 aliphatic rings. The number of aromatic amines is 1. The number of amides is 4. The van der Waals surface area contributed by atoms with Gasteiger partial charge < -0.3 is 25.4 Å². The number of aryl methyl sites for hydroxylation is 1.